The minimum absolute atomic E-state index is 0.0778. The van der Waals surface area contributed by atoms with E-state index in [1.807, 2.05) is 0 Å². The Morgan fingerprint density at radius 1 is 1.30 bits per heavy atom. The van der Waals surface area contributed by atoms with Gasteiger partial charge in [-0.2, -0.15) is 0 Å². The second-order valence-electron chi connectivity index (χ2n) is 4.96. The van der Waals surface area contributed by atoms with Crippen LogP contribution in [0.4, 0.5) is 18.9 Å². The zero-order valence-electron chi connectivity index (χ0n) is 11.8. The fraction of sp³-hybridized carbons (Fsp3) is 0.462. The second kappa shape index (κ2) is 7.00. The van der Waals surface area contributed by atoms with Crippen LogP contribution < -0.4 is 10.1 Å². The van der Waals surface area contributed by atoms with E-state index in [0.29, 0.717) is 12.1 Å². The van der Waals surface area contributed by atoms with E-state index >= 15 is 0 Å². The molecule has 1 aliphatic rings. The zero-order chi connectivity index (χ0) is 17.1. The predicted molar refractivity (Wildman–Crippen MR) is 81.3 cm³/mol. The summed E-state index contributed by atoms with van der Waals surface area (Å²) in [7, 11) is -2.98. The summed E-state index contributed by atoms with van der Waals surface area (Å²) < 4.78 is 62.4. The Morgan fingerprint density at radius 2 is 1.96 bits per heavy atom. The van der Waals surface area contributed by atoms with Crippen LogP contribution in [0.5, 0.6) is 5.75 Å². The molecule has 0 radical (unpaired) electrons. The number of sulfone groups is 1. The average Bonchev–Trinajstić information content (AvgIpc) is 2.77. The van der Waals surface area contributed by atoms with E-state index in [9.17, 15) is 26.4 Å². The lowest BCUT2D eigenvalue weighted by Gasteiger charge is -2.10. The SMILES string of the molecule is O=C(CS[C@H]1CCS(=O)(=O)C1)Nc1ccc(OC(F)(F)F)cc1. The monoisotopic (exact) mass is 369 g/mol. The van der Waals surface area contributed by atoms with Crippen molar-refractivity contribution < 1.29 is 31.1 Å². The Morgan fingerprint density at radius 3 is 2.48 bits per heavy atom. The molecule has 1 aromatic rings. The summed E-state index contributed by atoms with van der Waals surface area (Å²) in [5.41, 5.74) is 0.337. The van der Waals surface area contributed by atoms with Gasteiger partial charge in [0.1, 0.15) is 5.75 Å². The number of carbonyl (C=O) groups is 1. The molecule has 5 nitrogen and oxygen atoms in total. The molecule has 128 valence electrons. The first-order chi connectivity index (χ1) is 10.6. The van der Waals surface area contributed by atoms with Crippen LogP contribution in [0.2, 0.25) is 0 Å². The van der Waals surface area contributed by atoms with Crippen LogP contribution in [0.25, 0.3) is 0 Å². The van der Waals surface area contributed by atoms with Crippen molar-refractivity contribution in [2.45, 2.75) is 18.0 Å². The summed E-state index contributed by atoms with van der Waals surface area (Å²) in [6.45, 7) is 0. The molecule has 1 fully saturated rings. The Bertz CT molecular complexity index is 659. The van der Waals surface area contributed by atoms with Crippen LogP contribution in [0.1, 0.15) is 6.42 Å². The zero-order valence-corrected chi connectivity index (χ0v) is 13.4. The van der Waals surface area contributed by atoms with Crippen molar-refractivity contribution in [3.05, 3.63) is 24.3 Å². The molecule has 1 N–H and O–H groups in total. The molecular weight excluding hydrogens is 355 g/mol. The predicted octanol–water partition coefficient (Wildman–Crippen LogP) is 2.44. The lowest BCUT2D eigenvalue weighted by molar-refractivity contribution is -0.274. The van der Waals surface area contributed by atoms with E-state index < -0.39 is 16.2 Å². The molecule has 1 amide bonds. The highest BCUT2D eigenvalue weighted by molar-refractivity contribution is 8.02. The Kier molecular flexibility index (Phi) is 5.45. The lowest BCUT2D eigenvalue weighted by atomic mass is 10.3. The van der Waals surface area contributed by atoms with Gasteiger partial charge in [0.2, 0.25) is 5.91 Å². The molecule has 1 heterocycles. The largest absolute Gasteiger partial charge is 0.573 e. The minimum Gasteiger partial charge on any atom is -0.406 e. The van der Waals surface area contributed by atoms with Crippen LogP contribution in [0.15, 0.2) is 24.3 Å². The molecule has 1 aromatic carbocycles. The molecule has 2 rings (SSSR count). The highest BCUT2D eigenvalue weighted by Crippen LogP contribution is 2.25. The average molecular weight is 369 g/mol. The quantitative estimate of drug-likeness (QED) is 0.863. The first-order valence-electron chi connectivity index (χ1n) is 6.61. The summed E-state index contributed by atoms with van der Waals surface area (Å²) in [4.78, 5) is 11.8. The molecule has 10 heteroatoms. The van der Waals surface area contributed by atoms with Crippen molar-refractivity contribution in [3.63, 3.8) is 0 Å². The summed E-state index contributed by atoms with van der Waals surface area (Å²) >= 11 is 1.26. The fourth-order valence-electron chi connectivity index (χ4n) is 2.02. The van der Waals surface area contributed by atoms with Crippen molar-refractivity contribution >= 4 is 33.2 Å². The molecule has 1 atom stereocenters. The number of rotatable bonds is 5. The first kappa shape index (κ1) is 17.9. The molecular formula is C13H14F3NO4S2. The van der Waals surface area contributed by atoms with Gasteiger partial charge in [-0.25, -0.2) is 8.42 Å². The van der Waals surface area contributed by atoms with Crippen molar-refractivity contribution in [1.29, 1.82) is 0 Å². The van der Waals surface area contributed by atoms with Gasteiger partial charge in [-0.3, -0.25) is 4.79 Å². The molecule has 1 saturated heterocycles. The van der Waals surface area contributed by atoms with Gasteiger partial charge in [-0.05, 0) is 30.7 Å². The third-order valence-corrected chi connectivity index (χ3v) is 6.29. The molecule has 0 bridgehead atoms. The molecule has 0 saturated carbocycles. The van der Waals surface area contributed by atoms with Gasteiger partial charge in [-0.1, -0.05) is 0 Å². The van der Waals surface area contributed by atoms with Gasteiger partial charge >= 0.3 is 6.36 Å². The summed E-state index contributed by atoms with van der Waals surface area (Å²) in [6, 6.07) is 4.78. The van der Waals surface area contributed by atoms with Crippen molar-refractivity contribution in [1.82, 2.24) is 0 Å². The number of amides is 1. The smallest absolute Gasteiger partial charge is 0.406 e. The number of thioether (sulfide) groups is 1. The van der Waals surface area contributed by atoms with Gasteiger partial charge in [0.25, 0.3) is 0 Å². The molecule has 0 aromatic heterocycles. The van der Waals surface area contributed by atoms with Crippen LogP contribution in [0.3, 0.4) is 0 Å². The maximum Gasteiger partial charge on any atom is 0.573 e. The summed E-state index contributed by atoms with van der Waals surface area (Å²) in [5.74, 6) is -0.410. The number of carbonyl (C=O) groups excluding carboxylic acids is 1. The number of hydrogen-bond acceptors (Lipinski definition) is 5. The maximum atomic E-state index is 12.0. The fourth-order valence-corrected chi connectivity index (χ4v) is 5.47. The number of hydrogen-bond donors (Lipinski definition) is 1. The molecule has 0 aliphatic carbocycles. The molecule has 0 spiro atoms. The van der Waals surface area contributed by atoms with E-state index in [0.717, 1.165) is 12.1 Å². The number of nitrogens with one attached hydrogen (secondary N) is 1. The van der Waals surface area contributed by atoms with Crippen molar-refractivity contribution in [2.24, 2.45) is 0 Å². The Balaban J connectivity index is 1.79. The number of halogens is 3. The van der Waals surface area contributed by atoms with Crippen LogP contribution >= 0.6 is 11.8 Å². The van der Waals surface area contributed by atoms with Crippen LogP contribution in [-0.4, -0.2) is 43.2 Å². The number of anilines is 1. The standard InChI is InChI=1S/C13H14F3NO4S2/c14-13(15,16)21-10-3-1-9(2-4-10)17-12(18)7-22-11-5-6-23(19,20)8-11/h1-4,11H,5-8H2,(H,17,18)/t11-/m0/s1. The van der Waals surface area contributed by atoms with Gasteiger partial charge in [-0.15, -0.1) is 24.9 Å². The Hall–Kier alpha value is -1.42. The van der Waals surface area contributed by atoms with E-state index in [2.05, 4.69) is 10.1 Å². The highest BCUT2D eigenvalue weighted by Gasteiger charge is 2.31. The Labute approximate surface area is 135 Å². The number of alkyl halides is 3. The van der Waals surface area contributed by atoms with E-state index in [-0.39, 0.29) is 34.2 Å². The minimum atomic E-state index is -4.76. The van der Waals surface area contributed by atoms with Gasteiger partial charge in [0, 0.05) is 10.9 Å². The topological polar surface area (TPSA) is 72.5 Å². The number of benzene rings is 1. The third kappa shape index (κ3) is 6.30. The molecule has 1 aliphatic heterocycles. The molecule has 23 heavy (non-hydrogen) atoms. The van der Waals surface area contributed by atoms with Crippen LogP contribution in [-0.2, 0) is 14.6 Å². The summed E-state index contributed by atoms with van der Waals surface area (Å²) in [6.07, 6.45) is -4.23. The van der Waals surface area contributed by atoms with Gasteiger partial charge in [0.15, 0.2) is 9.84 Å². The normalized spacial score (nSPS) is 20.2. The highest BCUT2D eigenvalue weighted by atomic mass is 32.2. The van der Waals surface area contributed by atoms with E-state index in [4.69, 9.17) is 0 Å². The van der Waals surface area contributed by atoms with Crippen molar-refractivity contribution in [2.75, 3.05) is 22.6 Å². The van der Waals surface area contributed by atoms with Gasteiger partial charge in [0.05, 0.1) is 17.3 Å². The van der Waals surface area contributed by atoms with E-state index in [1.54, 1.807) is 0 Å². The summed E-state index contributed by atoms with van der Waals surface area (Å²) in [5, 5.41) is 2.44. The van der Waals surface area contributed by atoms with Crippen molar-refractivity contribution in [3.8, 4) is 5.75 Å². The van der Waals surface area contributed by atoms with E-state index in [1.165, 1.54) is 23.9 Å². The maximum absolute atomic E-state index is 12.0. The van der Waals surface area contributed by atoms with Crippen LogP contribution in [0, 0.1) is 0 Å². The number of ether oxygens (including phenoxy) is 1. The first-order valence-corrected chi connectivity index (χ1v) is 9.48. The molecule has 0 unspecified atom stereocenters. The second-order valence-corrected chi connectivity index (χ2v) is 8.47. The third-order valence-electron chi connectivity index (χ3n) is 3.01. The van der Waals surface area contributed by atoms with Gasteiger partial charge < -0.3 is 10.1 Å². The lowest BCUT2D eigenvalue weighted by Crippen LogP contribution is -2.18.